The third-order valence-electron chi connectivity index (χ3n) is 3.50. The van der Waals surface area contributed by atoms with Gasteiger partial charge < -0.3 is 10.6 Å². The van der Waals surface area contributed by atoms with Gasteiger partial charge in [-0.2, -0.15) is 5.10 Å². The molecule has 2 aromatic carbocycles. The average Bonchev–Trinajstić information content (AvgIpc) is 2.98. The number of anilines is 1. The fourth-order valence-electron chi connectivity index (χ4n) is 2.20. The second-order valence-corrected chi connectivity index (χ2v) is 7.66. The molecule has 1 fully saturated rings. The maximum absolute atomic E-state index is 12.9. The normalized spacial score (nSPS) is 18.1. The van der Waals surface area contributed by atoms with Crippen molar-refractivity contribution < 1.29 is 14.0 Å². The largest absolute Gasteiger partial charge is 0.326 e. The number of carbonyl (C=O) groups excluding carboxylic acids is 2. The van der Waals surface area contributed by atoms with Crippen LogP contribution < -0.4 is 10.6 Å². The zero-order valence-electron chi connectivity index (χ0n) is 13.9. The second-order valence-electron chi connectivity index (χ2n) is 5.56. The molecule has 0 radical (unpaired) electrons. The van der Waals surface area contributed by atoms with Crippen molar-refractivity contribution in [1.82, 2.24) is 5.32 Å². The summed E-state index contributed by atoms with van der Waals surface area (Å²) in [4.78, 5) is 24.0. The molecule has 3 rings (SSSR count). The predicted octanol–water partition coefficient (Wildman–Crippen LogP) is 3.54. The number of benzene rings is 2. The van der Waals surface area contributed by atoms with E-state index < -0.39 is 5.25 Å². The van der Waals surface area contributed by atoms with Gasteiger partial charge >= 0.3 is 0 Å². The predicted molar refractivity (Wildman–Crippen MR) is 108 cm³/mol. The molecule has 2 amide bonds. The Hall–Kier alpha value is -2.52. The lowest BCUT2D eigenvalue weighted by atomic mass is 10.2. The Labute approximate surface area is 167 Å². The minimum Gasteiger partial charge on any atom is -0.326 e. The van der Waals surface area contributed by atoms with Crippen molar-refractivity contribution in [3.05, 3.63) is 64.4 Å². The van der Waals surface area contributed by atoms with Gasteiger partial charge in [-0.1, -0.05) is 39.8 Å². The zero-order chi connectivity index (χ0) is 19.2. The van der Waals surface area contributed by atoms with Crippen LogP contribution >= 0.6 is 27.7 Å². The Kier molecular flexibility index (Phi) is 6.36. The molecule has 0 aliphatic carbocycles. The summed E-state index contributed by atoms with van der Waals surface area (Å²) in [6.07, 6.45) is 1.55. The monoisotopic (exact) mass is 448 g/mol. The molecule has 0 bridgehead atoms. The van der Waals surface area contributed by atoms with Crippen molar-refractivity contribution in [3.8, 4) is 0 Å². The first-order chi connectivity index (χ1) is 13.0. The van der Waals surface area contributed by atoms with Gasteiger partial charge in [0.25, 0.3) is 0 Å². The van der Waals surface area contributed by atoms with Crippen molar-refractivity contribution in [2.75, 3.05) is 5.32 Å². The lowest BCUT2D eigenvalue weighted by Crippen LogP contribution is -2.28. The van der Waals surface area contributed by atoms with Gasteiger partial charge in [-0.05, 0) is 42.0 Å². The highest BCUT2D eigenvalue weighted by atomic mass is 79.9. The second kappa shape index (κ2) is 8.92. The lowest BCUT2D eigenvalue weighted by Gasteiger charge is -2.07. The van der Waals surface area contributed by atoms with E-state index in [1.54, 1.807) is 6.21 Å². The van der Waals surface area contributed by atoms with Crippen molar-refractivity contribution in [2.24, 2.45) is 10.2 Å². The van der Waals surface area contributed by atoms with Crippen LogP contribution in [0.25, 0.3) is 0 Å². The van der Waals surface area contributed by atoms with Gasteiger partial charge in [0, 0.05) is 16.6 Å². The fourth-order valence-corrected chi connectivity index (χ4v) is 3.39. The number of nitrogens with one attached hydrogen (secondary N) is 2. The van der Waals surface area contributed by atoms with Crippen LogP contribution in [0, 0.1) is 5.82 Å². The lowest BCUT2D eigenvalue weighted by molar-refractivity contribution is -0.122. The van der Waals surface area contributed by atoms with Crippen molar-refractivity contribution in [3.63, 3.8) is 0 Å². The number of amidine groups is 1. The molecular formula is C18H14BrFN4O2S. The smallest absolute Gasteiger partial charge is 0.240 e. The van der Waals surface area contributed by atoms with Gasteiger partial charge in [0.15, 0.2) is 5.17 Å². The fraction of sp³-hybridized carbons (Fsp3) is 0.111. The molecule has 6 nitrogen and oxygen atoms in total. The maximum Gasteiger partial charge on any atom is 0.240 e. The number of hydrogen-bond acceptors (Lipinski definition) is 5. The Morgan fingerprint density at radius 3 is 2.63 bits per heavy atom. The number of halogens is 2. The van der Waals surface area contributed by atoms with E-state index in [1.807, 2.05) is 24.3 Å². The van der Waals surface area contributed by atoms with Crippen molar-refractivity contribution >= 4 is 56.6 Å². The number of carbonyl (C=O) groups is 2. The van der Waals surface area contributed by atoms with Crippen molar-refractivity contribution in [1.29, 1.82) is 0 Å². The Bertz CT molecular complexity index is 901. The summed E-state index contributed by atoms with van der Waals surface area (Å²) in [6, 6.07) is 12.9. The summed E-state index contributed by atoms with van der Waals surface area (Å²) < 4.78 is 13.8. The molecule has 0 spiro atoms. The average molecular weight is 449 g/mol. The zero-order valence-corrected chi connectivity index (χ0v) is 16.3. The van der Waals surface area contributed by atoms with E-state index in [-0.39, 0.29) is 24.1 Å². The quantitative estimate of drug-likeness (QED) is 0.541. The first kappa shape index (κ1) is 19.2. The number of thioether (sulfide) groups is 1. The summed E-state index contributed by atoms with van der Waals surface area (Å²) in [5.41, 5.74) is 1.34. The van der Waals surface area contributed by atoms with Crippen LogP contribution in [0.4, 0.5) is 10.1 Å². The number of nitrogens with zero attached hydrogens (tertiary/aromatic N) is 2. The van der Waals surface area contributed by atoms with Gasteiger partial charge in [0.05, 0.1) is 6.21 Å². The third kappa shape index (κ3) is 5.73. The van der Waals surface area contributed by atoms with E-state index in [9.17, 15) is 14.0 Å². The van der Waals surface area contributed by atoms with Crippen LogP contribution in [0.15, 0.2) is 63.2 Å². The molecule has 138 valence electrons. The highest BCUT2D eigenvalue weighted by Gasteiger charge is 2.32. The van der Waals surface area contributed by atoms with E-state index in [0.717, 1.165) is 21.8 Å². The first-order valence-electron chi connectivity index (χ1n) is 7.89. The number of amides is 2. The molecular weight excluding hydrogens is 435 g/mol. The molecule has 1 heterocycles. The molecule has 1 atom stereocenters. The molecule has 2 N–H and O–H groups in total. The highest BCUT2D eigenvalue weighted by molar-refractivity contribution is 9.10. The van der Waals surface area contributed by atoms with Gasteiger partial charge in [-0.25, -0.2) is 4.39 Å². The van der Waals surface area contributed by atoms with Crippen LogP contribution in [0.1, 0.15) is 12.0 Å². The maximum atomic E-state index is 12.9. The molecule has 0 aromatic heterocycles. The van der Waals surface area contributed by atoms with Gasteiger partial charge in [-0.3, -0.25) is 9.59 Å². The van der Waals surface area contributed by atoms with E-state index in [4.69, 9.17) is 0 Å². The molecule has 1 aliphatic rings. The molecule has 1 aliphatic heterocycles. The standard InChI is InChI=1S/C18H14BrFN4O2S/c19-12-3-1-11(2-4-12)10-21-24-18-23-17(26)15(27-18)9-16(25)22-14-7-5-13(20)6-8-14/h1-8,10,15H,9H2,(H,22,25)(H,23,24,26). The van der Waals surface area contributed by atoms with Gasteiger partial charge in [-0.15, -0.1) is 5.10 Å². The van der Waals surface area contributed by atoms with E-state index in [0.29, 0.717) is 10.9 Å². The summed E-state index contributed by atoms with van der Waals surface area (Å²) in [5.74, 6) is -1.02. The summed E-state index contributed by atoms with van der Waals surface area (Å²) in [7, 11) is 0. The molecule has 2 aromatic rings. The number of rotatable bonds is 5. The minimum atomic E-state index is -0.591. The minimum absolute atomic E-state index is 0.0245. The molecule has 1 unspecified atom stereocenters. The van der Waals surface area contributed by atoms with Crippen LogP contribution in [0.3, 0.4) is 0 Å². The van der Waals surface area contributed by atoms with E-state index in [1.165, 1.54) is 24.3 Å². The topological polar surface area (TPSA) is 82.9 Å². The van der Waals surface area contributed by atoms with Crippen molar-refractivity contribution in [2.45, 2.75) is 11.7 Å². The van der Waals surface area contributed by atoms with Gasteiger partial charge in [0.2, 0.25) is 11.8 Å². The summed E-state index contributed by atoms with van der Waals surface area (Å²) in [6.45, 7) is 0. The summed E-state index contributed by atoms with van der Waals surface area (Å²) >= 11 is 4.50. The molecule has 9 heteroatoms. The van der Waals surface area contributed by atoms with Crippen LogP contribution in [-0.2, 0) is 9.59 Å². The van der Waals surface area contributed by atoms with Gasteiger partial charge in [0.1, 0.15) is 11.1 Å². The first-order valence-corrected chi connectivity index (χ1v) is 9.56. The van der Waals surface area contributed by atoms with Crippen LogP contribution in [0.5, 0.6) is 0 Å². The molecule has 27 heavy (non-hydrogen) atoms. The molecule has 0 saturated carbocycles. The molecule has 1 saturated heterocycles. The summed E-state index contributed by atoms with van der Waals surface area (Å²) in [5, 5.41) is 12.9. The van der Waals surface area contributed by atoms with E-state index >= 15 is 0 Å². The number of hydrogen-bond donors (Lipinski definition) is 2. The van der Waals surface area contributed by atoms with E-state index in [2.05, 4.69) is 36.8 Å². The Balaban J connectivity index is 1.54. The van der Waals surface area contributed by atoms with Crippen LogP contribution in [-0.4, -0.2) is 28.4 Å². The SMILES string of the molecule is O=C(CC1SC(=NN=Cc2ccc(Br)cc2)NC1=O)Nc1ccc(F)cc1. The third-order valence-corrected chi connectivity index (χ3v) is 5.10. The Morgan fingerprint density at radius 2 is 1.93 bits per heavy atom. The highest BCUT2D eigenvalue weighted by Crippen LogP contribution is 2.23. The Morgan fingerprint density at radius 1 is 1.22 bits per heavy atom. The van der Waals surface area contributed by atoms with Crippen LogP contribution in [0.2, 0.25) is 0 Å².